The zero-order chi connectivity index (χ0) is 25.6. The second-order valence-electron chi connectivity index (χ2n) is 11.2. The first-order chi connectivity index (χ1) is 18.6. The minimum atomic E-state index is -1.11. The van der Waals surface area contributed by atoms with Crippen LogP contribution in [0.25, 0.3) is 11.0 Å². The highest BCUT2D eigenvalue weighted by molar-refractivity contribution is 7.10. The van der Waals surface area contributed by atoms with Crippen LogP contribution in [0.15, 0.2) is 60.0 Å². The molecule has 1 amide bonds. The number of ketones is 1. The molecule has 192 valence electrons. The topological polar surface area (TPSA) is 78.1 Å². The highest BCUT2D eigenvalue weighted by Gasteiger charge is 2.72. The zero-order valence-electron chi connectivity index (χ0n) is 20.7. The van der Waals surface area contributed by atoms with Crippen molar-refractivity contribution in [3.05, 3.63) is 81.3 Å². The lowest BCUT2D eigenvalue weighted by molar-refractivity contribution is -0.129. The number of fused-ring (bicyclic) bond motifs is 7. The Morgan fingerprint density at radius 1 is 1.08 bits per heavy atom. The van der Waals surface area contributed by atoms with Gasteiger partial charge in [-0.2, -0.15) is 0 Å². The summed E-state index contributed by atoms with van der Waals surface area (Å²) in [4.78, 5) is 40.9. The number of anilines is 1. The molecular formula is C30H27ClN4O2S. The van der Waals surface area contributed by atoms with Gasteiger partial charge in [-0.3, -0.25) is 14.5 Å². The quantitative estimate of drug-likeness (QED) is 0.295. The van der Waals surface area contributed by atoms with Gasteiger partial charge in [0, 0.05) is 39.2 Å². The predicted octanol–water partition coefficient (Wildman–Crippen LogP) is 6.35. The monoisotopic (exact) mass is 542 g/mol. The third kappa shape index (κ3) is 2.95. The summed E-state index contributed by atoms with van der Waals surface area (Å²) in [5, 5.41) is 5.82. The number of carbonyl (C=O) groups is 2. The van der Waals surface area contributed by atoms with Crippen LogP contribution < -0.4 is 5.32 Å². The summed E-state index contributed by atoms with van der Waals surface area (Å²) >= 11 is 8.08. The summed E-state index contributed by atoms with van der Waals surface area (Å²) < 4.78 is 0. The van der Waals surface area contributed by atoms with Gasteiger partial charge in [0.15, 0.2) is 5.82 Å². The third-order valence-corrected chi connectivity index (χ3v) is 10.7. The van der Waals surface area contributed by atoms with Gasteiger partial charge in [-0.1, -0.05) is 48.7 Å². The fourth-order valence-electron chi connectivity index (χ4n) is 8.25. The summed E-state index contributed by atoms with van der Waals surface area (Å²) in [7, 11) is 0. The van der Waals surface area contributed by atoms with Crippen molar-refractivity contribution in [3.8, 4) is 0 Å². The van der Waals surface area contributed by atoms with Crippen LogP contribution in [0.3, 0.4) is 0 Å². The van der Waals surface area contributed by atoms with Crippen molar-refractivity contribution in [1.82, 2.24) is 14.9 Å². The maximum Gasteiger partial charge on any atom is 0.250 e. The molecule has 0 bridgehead atoms. The minimum absolute atomic E-state index is 0.0979. The number of thiophene rings is 1. The van der Waals surface area contributed by atoms with Gasteiger partial charge in [-0.25, -0.2) is 4.98 Å². The number of para-hydroxylation sites is 2. The van der Waals surface area contributed by atoms with E-state index in [-0.39, 0.29) is 29.7 Å². The molecule has 3 aliphatic heterocycles. The van der Waals surface area contributed by atoms with Crippen molar-refractivity contribution in [2.75, 3.05) is 5.32 Å². The summed E-state index contributed by atoms with van der Waals surface area (Å²) in [6.07, 6.45) is 5.64. The van der Waals surface area contributed by atoms with Crippen LogP contribution in [-0.2, 0) is 10.3 Å². The highest BCUT2D eigenvalue weighted by Crippen LogP contribution is 2.65. The van der Waals surface area contributed by atoms with E-state index in [1.165, 1.54) is 17.7 Å². The van der Waals surface area contributed by atoms with Crippen LogP contribution >= 0.6 is 22.9 Å². The molecule has 2 aromatic carbocycles. The van der Waals surface area contributed by atoms with E-state index < -0.39 is 11.5 Å². The van der Waals surface area contributed by atoms with Crippen LogP contribution in [0.1, 0.15) is 59.1 Å². The molecule has 2 N–H and O–H groups in total. The Balaban J connectivity index is 1.39. The van der Waals surface area contributed by atoms with Crippen LogP contribution in [0, 0.1) is 11.8 Å². The lowest BCUT2D eigenvalue weighted by atomic mass is 9.69. The Kier molecular flexibility index (Phi) is 4.98. The average Bonchev–Trinajstić information content (AvgIpc) is 3.73. The average molecular weight is 543 g/mol. The molecular weight excluding hydrogens is 516 g/mol. The number of hydrogen-bond donors (Lipinski definition) is 2. The maximum absolute atomic E-state index is 14.8. The van der Waals surface area contributed by atoms with Gasteiger partial charge in [0.1, 0.15) is 5.54 Å². The molecule has 1 aliphatic carbocycles. The van der Waals surface area contributed by atoms with Crippen molar-refractivity contribution >= 4 is 51.3 Å². The number of hydrogen-bond acceptors (Lipinski definition) is 5. The second-order valence-corrected chi connectivity index (χ2v) is 12.6. The number of nitrogens with zero attached hydrogens (tertiary/aromatic N) is 2. The number of benzene rings is 2. The van der Waals surface area contributed by atoms with Crippen LogP contribution in [0.2, 0.25) is 5.02 Å². The normalized spacial score (nSPS) is 31.9. The molecule has 6 atom stereocenters. The standard InChI is InChI=1S/C30H27ClN4O2S/c31-17-11-12-18-21(15-17)34-29(37)30(18)26(27(36)28-32-19-7-2-3-8-20(19)33-28)25(24-10-5-13-38-24)23-14-16-6-1-4-9-22(16)35(23)30/h2-3,5,7-8,10-13,15-16,22-23,25-26H,1,4,6,9,14H2,(H,32,33)(H,34,37)/t16?,22-,23?,25?,26?,30-/m1/s1. The lowest BCUT2D eigenvalue weighted by Gasteiger charge is -2.42. The lowest BCUT2D eigenvalue weighted by Crippen LogP contribution is -2.56. The molecule has 3 fully saturated rings. The number of H-pyrrole nitrogens is 1. The molecule has 4 aromatic rings. The molecule has 8 heteroatoms. The Hall–Kier alpha value is -3.00. The SMILES string of the molecule is O=C(c1nc2ccccc2[nH]1)C1C(c2cccs2)C2CC3CCCC[C@H]3N2[C@@]12C(=O)Nc1cc(Cl)ccc12. The number of aromatic nitrogens is 2. The first-order valence-corrected chi connectivity index (χ1v) is 14.8. The van der Waals surface area contributed by atoms with Gasteiger partial charge in [0.05, 0.1) is 17.0 Å². The zero-order valence-corrected chi connectivity index (χ0v) is 22.3. The Morgan fingerprint density at radius 3 is 2.79 bits per heavy atom. The summed E-state index contributed by atoms with van der Waals surface area (Å²) in [6.45, 7) is 0. The fourth-order valence-corrected chi connectivity index (χ4v) is 9.34. The molecule has 4 unspecified atom stereocenters. The van der Waals surface area contributed by atoms with Crippen LogP contribution in [0.4, 0.5) is 5.69 Å². The minimum Gasteiger partial charge on any atom is -0.335 e. The maximum atomic E-state index is 14.8. The number of nitrogens with one attached hydrogen (secondary N) is 2. The number of carbonyl (C=O) groups excluding carboxylic acids is 2. The summed E-state index contributed by atoms with van der Waals surface area (Å²) in [5.74, 6) is -0.0577. The molecule has 5 heterocycles. The Labute approximate surface area is 229 Å². The Morgan fingerprint density at radius 2 is 1.95 bits per heavy atom. The molecule has 2 aromatic heterocycles. The smallest absolute Gasteiger partial charge is 0.250 e. The number of imidazole rings is 1. The number of amides is 1. The second kappa shape index (κ2) is 8.25. The molecule has 4 aliphatic rings. The van der Waals surface area contributed by atoms with E-state index in [0.29, 0.717) is 16.8 Å². The molecule has 1 spiro atoms. The number of halogens is 1. The Bertz CT molecular complexity index is 1570. The summed E-state index contributed by atoms with van der Waals surface area (Å²) in [5.41, 5.74) is 2.07. The van der Waals surface area contributed by atoms with Gasteiger partial charge >= 0.3 is 0 Å². The van der Waals surface area contributed by atoms with E-state index in [9.17, 15) is 9.59 Å². The first kappa shape index (κ1) is 22.9. The predicted molar refractivity (Wildman–Crippen MR) is 149 cm³/mol. The van der Waals surface area contributed by atoms with Crippen molar-refractivity contribution in [1.29, 1.82) is 0 Å². The molecule has 38 heavy (non-hydrogen) atoms. The number of rotatable bonds is 3. The molecule has 0 radical (unpaired) electrons. The van der Waals surface area contributed by atoms with E-state index in [2.05, 4.69) is 32.7 Å². The van der Waals surface area contributed by atoms with E-state index >= 15 is 0 Å². The molecule has 8 rings (SSSR count). The number of aromatic amines is 1. The van der Waals surface area contributed by atoms with E-state index in [4.69, 9.17) is 16.6 Å². The van der Waals surface area contributed by atoms with Crippen LogP contribution in [0.5, 0.6) is 0 Å². The number of Topliss-reactive ketones (excluding diaryl/α,β-unsaturated/α-hetero) is 1. The fraction of sp³-hybridized carbons (Fsp3) is 0.367. The van der Waals surface area contributed by atoms with Gasteiger partial charge in [-0.15, -0.1) is 11.3 Å². The van der Waals surface area contributed by atoms with Gasteiger partial charge in [0.25, 0.3) is 0 Å². The van der Waals surface area contributed by atoms with Gasteiger partial charge in [-0.05, 0) is 60.9 Å². The largest absolute Gasteiger partial charge is 0.335 e. The molecule has 6 nitrogen and oxygen atoms in total. The summed E-state index contributed by atoms with van der Waals surface area (Å²) in [6, 6.07) is 17.9. The van der Waals surface area contributed by atoms with Gasteiger partial charge < -0.3 is 10.3 Å². The first-order valence-electron chi connectivity index (χ1n) is 13.5. The van der Waals surface area contributed by atoms with E-state index in [0.717, 1.165) is 41.5 Å². The van der Waals surface area contributed by atoms with Crippen molar-refractivity contribution in [3.63, 3.8) is 0 Å². The van der Waals surface area contributed by atoms with E-state index in [1.807, 2.05) is 42.5 Å². The highest BCUT2D eigenvalue weighted by atomic mass is 35.5. The van der Waals surface area contributed by atoms with Gasteiger partial charge in [0.2, 0.25) is 11.7 Å². The third-order valence-electron chi connectivity index (χ3n) is 9.52. The molecule has 2 saturated heterocycles. The van der Waals surface area contributed by atoms with E-state index in [1.54, 1.807) is 11.3 Å². The van der Waals surface area contributed by atoms with Crippen molar-refractivity contribution < 1.29 is 9.59 Å². The molecule has 1 saturated carbocycles. The van der Waals surface area contributed by atoms with Crippen molar-refractivity contribution in [2.24, 2.45) is 11.8 Å². The van der Waals surface area contributed by atoms with Crippen molar-refractivity contribution in [2.45, 2.75) is 55.6 Å². The van der Waals surface area contributed by atoms with Crippen LogP contribution in [-0.4, -0.2) is 38.6 Å².